The van der Waals surface area contributed by atoms with Crippen LogP contribution in [0, 0.1) is 0 Å². The molecule has 0 amide bonds. The molecule has 3 heteroatoms. The molecule has 0 bridgehead atoms. The van der Waals surface area contributed by atoms with Crippen molar-refractivity contribution in [1.82, 2.24) is 0 Å². The van der Waals surface area contributed by atoms with Gasteiger partial charge in [-0.3, -0.25) is 4.79 Å². The van der Waals surface area contributed by atoms with Crippen molar-refractivity contribution in [3.63, 3.8) is 0 Å². The van der Waals surface area contributed by atoms with Gasteiger partial charge >= 0.3 is 5.97 Å². The van der Waals surface area contributed by atoms with Gasteiger partial charge in [0, 0.05) is 18.2 Å². The number of hydrogen-bond acceptors (Lipinski definition) is 2. The summed E-state index contributed by atoms with van der Waals surface area (Å²) in [4.78, 5) is 13.0. The van der Waals surface area contributed by atoms with Crippen LogP contribution >= 0.6 is 0 Å². The molecule has 0 spiro atoms. The van der Waals surface area contributed by atoms with Crippen LogP contribution in [0.5, 0.6) is 0 Å². The first kappa shape index (κ1) is 11.1. The summed E-state index contributed by atoms with van der Waals surface area (Å²) in [6.07, 6.45) is 8.64. The van der Waals surface area contributed by atoms with Gasteiger partial charge in [0.2, 0.25) is 0 Å². The topological polar surface area (TPSA) is 40.5 Å². The lowest BCUT2D eigenvalue weighted by atomic mass is 9.91. The van der Waals surface area contributed by atoms with Crippen molar-refractivity contribution in [2.24, 2.45) is 0 Å². The van der Waals surface area contributed by atoms with Gasteiger partial charge in [0.05, 0.1) is 12.5 Å². The molecule has 2 unspecified atom stereocenters. The SMILES string of the molecule is O=C(O)CCN1c2ccccc2C2C=CC=CC21. The fourth-order valence-corrected chi connectivity index (χ4v) is 2.86. The fraction of sp³-hybridized carbons (Fsp3) is 0.267. The van der Waals surface area contributed by atoms with E-state index in [4.69, 9.17) is 5.11 Å². The lowest BCUT2D eigenvalue weighted by molar-refractivity contribution is -0.136. The molecule has 1 aliphatic carbocycles. The molecule has 2 atom stereocenters. The summed E-state index contributed by atoms with van der Waals surface area (Å²) in [5, 5.41) is 8.86. The average molecular weight is 241 g/mol. The van der Waals surface area contributed by atoms with E-state index >= 15 is 0 Å². The molecule has 3 rings (SSSR count). The quantitative estimate of drug-likeness (QED) is 0.884. The monoisotopic (exact) mass is 241 g/mol. The summed E-state index contributed by atoms with van der Waals surface area (Å²) in [5.74, 6) is -0.383. The van der Waals surface area contributed by atoms with E-state index in [-0.39, 0.29) is 12.5 Å². The van der Waals surface area contributed by atoms with Crippen molar-refractivity contribution in [1.29, 1.82) is 0 Å². The van der Waals surface area contributed by atoms with Crippen LogP contribution in [0.25, 0.3) is 0 Å². The maximum Gasteiger partial charge on any atom is 0.305 e. The van der Waals surface area contributed by atoms with Crippen LogP contribution < -0.4 is 4.90 Å². The zero-order chi connectivity index (χ0) is 12.5. The summed E-state index contributed by atoms with van der Waals surface area (Å²) in [7, 11) is 0. The number of carbonyl (C=O) groups is 1. The minimum absolute atomic E-state index is 0.176. The number of anilines is 1. The highest BCUT2D eigenvalue weighted by Gasteiger charge is 2.35. The molecule has 3 nitrogen and oxygen atoms in total. The third-order valence-corrected chi connectivity index (χ3v) is 3.64. The molecule has 1 aromatic carbocycles. The van der Waals surface area contributed by atoms with Crippen molar-refractivity contribution in [2.45, 2.75) is 18.4 Å². The Hall–Kier alpha value is -2.03. The number of aliphatic carboxylic acids is 1. The number of rotatable bonds is 3. The van der Waals surface area contributed by atoms with E-state index < -0.39 is 5.97 Å². The number of para-hydroxylation sites is 1. The number of carboxylic acid groups (broad SMARTS) is 1. The predicted molar refractivity (Wildman–Crippen MR) is 70.8 cm³/mol. The Balaban J connectivity index is 1.95. The molecule has 2 aliphatic rings. The number of nitrogens with zero attached hydrogens (tertiary/aromatic N) is 1. The van der Waals surface area contributed by atoms with E-state index in [9.17, 15) is 4.79 Å². The largest absolute Gasteiger partial charge is 0.481 e. The average Bonchev–Trinajstić information content (AvgIpc) is 2.71. The summed E-state index contributed by atoms with van der Waals surface area (Å²) in [6, 6.07) is 8.54. The first-order valence-corrected chi connectivity index (χ1v) is 6.20. The molecule has 1 N–H and O–H groups in total. The molecule has 0 saturated heterocycles. The van der Waals surface area contributed by atoms with Crippen molar-refractivity contribution in [3.8, 4) is 0 Å². The van der Waals surface area contributed by atoms with Crippen molar-refractivity contribution in [2.75, 3.05) is 11.4 Å². The van der Waals surface area contributed by atoms with Crippen LogP contribution in [0.1, 0.15) is 17.9 Å². The van der Waals surface area contributed by atoms with Crippen LogP contribution in [0.3, 0.4) is 0 Å². The first-order valence-electron chi connectivity index (χ1n) is 6.20. The normalized spacial score (nSPS) is 23.9. The molecular weight excluding hydrogens is 226 g/mol. The van der Waals surface area contributed by atoms with Crippen molar-refractivity contribution < 1.29 is 9.90 Å². The number of hydrogen-bond donors (Lipinski definition) is 1. The highest BCUT2D eigenvalue weighted by Crippen LogP contribution is 2.43. The zero-order valence-corrected chi connectivity index (χ0v) is 9.99. The van der Waals surface area contributed by atoms with E-state index in [1.807, 2.05) is 18.2 Å². The Morgan fingerprint density at radius 1 is 1.22 bits per heavy atom. The van der Waals surface area contributed by atoms with Crippen LogP contribution in [0.15, 0.2) is 48.6 Å². The smallest absolute Gasteiger partial charge is 0.305 e. The van der Waals surface area contributed by atoms with E-state index in [0.29, 0.717) is 12.5 Å². The second-order valence-corrected chi connectivity index (χ2v) is 4.68. The van der Waals surface area contributed by atoms with Gasteiger partial charge in [-0.15, -0.1) is 0 Å². The second kappa shape index (κ2) is 4.33. The minimum Gasteiger partial charge on any atom is -0.481 e. The van der Waals surface area contributed by atoms with Gasteiger partial charge in [-0.1, -0.05) is 42.5 Å². The molecule has 0 saturated carbocycles. The van der Waals surface area contributed by atoms with Gasteiger partial charge < -0.3 is 10.0 Å². The van der Waals surface area contributed by atoms with Gasteiger partial charge in [-0.25, -0.2) is 0 Å². The fourth-order valence-electron chi connectivity index (χ4n) is 2.86. The predicted octanol–water partition coefficient (Wildman–Crippen LogP) is 2.56. The summed E-state index contributed by atoms with van der Waals surface area (Å²) in [6.45, 7) is 0.561. The zero-order valence-electron chi connectivity index (χ0n) is 9.99. The van der Waals surface area contributed by atoms with Gasteiger partial charge in [0.25, 0.3) is 0 Å². The van der Waals surface area contributed by atoms with E-state index in [1.54, 1.807) is 0 Å². The third-order valence-electron chi connectivity index (χ3n) is 3.64. The molecule has 1 aromatic rings. The van der Waals surface area contributed by atoms with E-state index in [0.717, 1.165) is 0 Å². The Kier molecular flexibility index (Phi) is 2.67. The van der Waals surface area contributed by atoms with Gasteiger partial charge in [0.15, 0.2) is 0 Å². The Morgan fingerprint density at radius 3 is 2.83 bits per heavy atom. The van der Waals surface area contributed by atoms with Crippen LogP contribution in [0.2, 0.25) is 0 Å². The Morgan fingerprint density at radius 2 is 2.00 bits per heavy atom. The molecular formula is C15H15NO2. The highest BCUT2D eigenvalue weighted by atomic mass is 16.4. The summed E-state index contributed by atoms with van der Waals surface area (Å²) >= 11 is 0. The standard InChI is InChI=1S/C15H15NO2/c17-15(18)9-10-16-13-7-3-1-5-11(13)12-6-2-4-8-14(12)16/h1-8,11,13H,9-10H2,(H,17,18). The van der Waals surface area contributed by atoms with Crippen LogP contribution in [-0.2, 0) is 4.79 Å². The number of benzene rings is 1. The van der Waals surface area contributed by atoms with Crippen molar-refractivity contribution in [3.05, 3.63) is 54.1 Å². The number of carboxylic acids is 1. The first-order chi connectivity index (χ1) is 8.77. The molecule has 18 heavy (non-hydrogen) atoms. The molecule has 0 aromatic heterocycles. The number of allylic oxidation sites excluding steroid dienone is 2. The molecule has 92 valence electrons. The summed E-state index contributed by atoms with van der Waals surface area (Å²) in [5.41, 5.74) is 2.47. The van der Waals surface area contributed by atoms with Crippen molar-refractivity contribution >= 4 is 11.7 Å². The maximum atomic E-state index is 10.8. The molecule has 0 radical (unpaired) electrons. The summed E-state index contributed by atoms with van der Waals surface area (Å²) < 4.78 is 0. The third kappa shape index (κ3) is 1.72. The highest BCUT2D eigenvalue weighted by molar-refractivity contribution is 5.70. The van der Waals surface area contributed by atoms with Crippen LogP contribution in [-0.4, -0.2) is 23.7 Å². The van der Waals surface area contributed by atoms with Crippen LogP contribution in [0.4, 0.5) is 5.69 Å². The second-order valence-electron chi connectivity index (χ2n) is 4.68. The molecule has 1 heterocycles. The van der Waals surface area contributed by atoms with Gasteiger partial charge in [-0.2, -0.15) is 0 Å². The van der Waals surface area contributed by atoms with Gasteiger partial charge in [-0.05, 0) is 11.6 Å². The van der Waals surface area contributed by atoms with Gasteiger partial charge in [0.1, 0.15) is 0 Å². The van der Waals surface area contributed by atoms with E-state index in [2.05, 4.69) is 35.3 Å². The number of fused-ring (bicyclic) bond motifs is 3. The van der Waals surface area contributed by atoms with E-state index in [1.165, 1.54) is 11.3 Å². The Bertz CT molecular complexity index is 533. The maximum absolute atomic E-state index is 10.8. The Labute approximate surface area is 106 Å². The molecule has 1 aliphatic heterocycles. The lowest BCUT2D eigenvalue weighted by Gasteiger charge is -2.27. The molecule has 0 fully saturated rings. The minimum atomic E-state index is -0.744. The lowest BCUT2D eigenvalue weighted by Crippen LogP contribution is -2.34.